The maximum Gasteiger partial charge on any atom is 0.234 e. The van der Waals surface area contributed by atoms with Crippen LogP contribution in [0.5, 0.6) is 0 Å². The Balaban J connectivity index is 2.12. The molecule has 1 rings (SSSR count). The number of ether oxygens (including phenoxy) is 2. The number of hydrogen-bond acceptors (Lipinski definition) is 4. The number of rotatable bonds is 8. The van der Waals surface area contributed by atoms with Gasteiger partial charge in [-0.25, -0.2) is 0 Å². The van der Waals surface area contributed by atoms with Crippen molar-refractivity contribution in [2.45, 2.75) is 57.7 Å². The molecule has 5 heteroatoms. The first-order valence-corrected chi connectivity index (χ1v) is 6.84. The number of hydrogen-bond donors (Lipinski definition) is 2. The van der Waals surface area contributed by atoms with Crippen molar-refractivity contribution in [2.75, 3.05) is 19.8 Å². The standard InChI is InChI=1S/C13H26N2O3/c1-10(2)15-12(13(14)16)6-8-17-9-11-5-3-4-7-18-11/h10-12,15H,3-9H2,1-2H3,(H2,14,16). The van der Waals surface area contributed by atoms with Gasteiger partial charge in [0, 0.05) is 19.3 Å². The summed E-state index contributed by atoms with van der Waals surface area (Å²) in [6.45, 7) is 5.98. The summed E-state index contributed by atoms with van der Waals surface area (Å²) < 4.78 is 11.1. The smallest absolute Gasteiger partial charge is 0.234 e. The second-order valence-corrected chi connectivity index (χ2v) is 5.13. The molecule has 0 aliphatic carbocycles. The minimum atomic E-state index is -0.318. The van der Waals surface area contributed by atoms with Crippen LogP contribution in [0.25, 0.3) is 0 Å². The molecule has 1 saturated heterocycles. The van der Waals surface area contributed by atoms with Crippen LogP contribution in [0.2, 0.25) is 0 Å². The number of carbonyl (C=O) groups is 1. The van der Waals surface area contributed by atoms with Crippen LogP contribution < -0.4 is 11.1 Å². The highest BCUT2D eigenvalue weighted by molar-refractivity contribution is 5.79. The molecule has 1 amide bonds. The molecule has 0 radical (unpaired) electrons. The molecule has 3 N–H and O–H groups in total. The predicted octanol–water partition coefficient (Wildman–Crippen LogP) is 0.814. The van der Waals surface area contributed by atoms with Gasteiger partial charge < -0.3 is 20.5 Å². The van der Waals surface area contributed by atoms with Crippen LogP contribution in [0.3, 0.4) is 0 Å². The number of nitrogens with two attached hydrogens (primary N) is 1. The Bertz CT molecular complexity index is 240. The summed E-state index contributed by atoms with van der Waals surface area (Å²) in [5.74, 6) is -0.318. The molecule has 2 unspecified atom stereocenters. The van der Waals surface area contributed by atoms with E-state index in [0.29, 0.717) is 19.6 Å². The summed E-state index contributed by atoms with van der Waals surface area (Å²) in [5, 5.41) is 3.13. The minimum absolute atomic E-state index is 0.226. The minimum Gasteiger partial charge on any atom is -0.379 e. The van der Waals surface area contributed by atoms with Crippen molar-refractivity contribution < 1.29 is 14.3 Å². The van der Waals surface area contributed by atoms with Crippen LogP contribution in [0.1, 0.15) is 39.5 Å². The van der Waals surface area contributed by atoms with E-state index in [0.717, 1.165) is 19.4 Å². The van der Waals surface area contributed by atoms with Gasteiger partial charge in [-0.05, 0) is 25.7 Å². The fraction of sp³-hybridized carbons (Fsp3) is 0.923. The fourth-order valence-electron chi connectivity index (χ4n) is 2.06. The molecular weight excluding hydrogens is 232 g/mol. The van der Waals surface area contributed by atoms with E-state index in [-0.39, 0.29) is 24.1 Å². The van der Waals surface area contributed by atoms with Crippen molar-refractivity contribution in [2.24, 2.45) is 5.73 Å². The highest BCUT2D eigenvalue weighted by Gasteiger charge is 2.17. The average molecular weight is 258 g/mol. The lowest BCUT2D eigenvalue weighted by atomic mass is 10.1. The van der Waals surface area contributed by atoms with E-state index in [1.807, 2.05) is 13.8 Å². The predicted molar refractivity (Wildman–Crippen MR) is 70.3 cm³/mol. The van der Waals surface area contributed by atoms with Gasteiger partial charge in [0.15, 0.2) is 0 Å². The molecule has 1 aliphatic rings. The third-order valence-corrected chi connectivity index (χ3v) is 3.01. The SMILES string of the molecule is CC(C)NC(CCOCC1CCCCO1)C(N)=O. The molecular formula is C13H26N2O3. The summed E-state index contributed by atoms with van der Waals surface area (Å²) >= 11 is 0. The van der Waals surface area contributed by atoms with Crippen LogP contribution in [0, 0.1) is 0 Å². The molecule has 18 heavy (non-hydrogen) atoms. The Morgan fingerprint density at radius 2 is 2.28 bits per heavy atom. The van der Waals surface area contributed by atoms with Gasteiger partial charge in [-0.3, -0.25) is 4.79 Å². The maximum absolute atomic E-state index is 11.2. The summed E-state index contributed by atoms with van der Waals surface area (Å²) in [6, 6.07) is -0.0681. The molecule has 1 heterocycles. The van der Waals surface area contributed by atoms with Gasteiger partial charge in [-0.1, -0.05) is 13.8 Å². The van der Waals surface area contributed by atoms with E-state index in [9.17, 15) is 4.79 Å². The quantitative estimate of drug-likeness (QED) is 0.632. The second kappa shape index (κ2) is 8.45. The van der Waals surface area contributed by atoms with Crippen molar-refractivity contribution in [3.63, 3.8) is 0 Å². The van der Waals surface area contributed by atoms with Gasteiger partial charge in [-0.15, -0.1) is 0 Å². The lowest BCUT2D eigenvalue weighted by Gasteiger charge is -2.23. The summed E-state index contributed by atoms with van der Waals surface area (Å²) in [6.07, 6.45) is 4.28. The van der Waals surface area contributed by atoms with E-state index in [2.05, 4.69) is 5.32 Å². The monoisotopic (exact) mass is 258 g/mol. The first-order chi connectivity index (χ1) is 8.59. The van der Waals surface area contributed by atoms with E-state index in [1.165, 1.54) is 6.42 Å². The second-order valence-electron chi connectivity index (χ2n) is 5.13. The molecule has 106 valence electrons. The molecule has 1 aliphatic heterocycles. The molecule has 0 saturated carbocycles. The molecule has 1 fully saturated rings. The van der Waals surface area contributed by atoms with Crippen LogP contribution in [0.4, 0.5) is 0 Å². The Hall–Kier alpha value is -0.650. The van der Waals surface area contributed by atoms with Crippen LogP contribution >= 0.6 is 0 Å². The van der Waals surface area contributed by atoms with Gasteiger partial charge in [0.1, 0.15) is 0 Å². The average Bonchev–Trinajstić information content (AvgIpc) is 2.33. The zero-order valence-electron chi connectivity index (χ0n) is 11.5. The van der Waals surface area contributed by atoms with Crippen molar-refractivity contribution in [1.82, 2.24) is 5.32 Å². The molecule has 0 bridgehead atoms. The van der Waals surface area contributed by atoms with Crippen molar-refractivity contribution in [1.29, 1.82) is 0 Å². The normalized spacial score (nSPS) is 22.1. The highest BCUT2D eigenvalue weighted by Crippen LogP contribution is 2.12. The van der Waals surface area contributed by atoms with Gasteiger partial charge in [-0.2, -0.15) is 0 Å². The summed E-state index contributed by atoms with van der Waals surface area (Å²) in [4.78, 5) is 11.2. The number of nitrogens with one attached hydrogen (secondary N) is 1. The zero-order valence-corrected chi connectivity index (χ0v) is 11.5. The largest absolute Gasteiger partial charge is 0.379 e. The van der Waals surface area contributed by atoms with E-state index >= 15 is 0 Å². The Morgan fingerprint density at radius 3 is 2.83 bits per heavy atom. The zero-order chi connectivity index (χ0) is 13.4. The molecule has 2 atom stereocenters. The van der Waals surface area contributed by atoms with Gasteiger partial charge in [0.05, 0.1) is 18.8 Å². The van der Waals surface area contributed by atoms with Crippen LogP contribution in [-0.2, 0) is 14.3 Å². The van der Waals surface area contributed by atoms with E-state index in [4.69, 9.17) is 15.2 Å². The van der Waals surface area contributed by atoms with Crippen LogP contribution in [-0.4, -0.2) is 43.9 Å². The number of amides is 1. The van der Waals surface area contributed by atoms with Crippen molar-refractivity contribution in [3.8, 4) is 0 Å². The first-order valence-electron chi connectivity index (χ1n) is 6.84. The third-order valence-electron chi connectivity index (χ3n) is 3.01. The molecule has 0 aromatic carbocycles. The molecule has 5 nitrogen and oxygen atoms in total. The van der Waals surface area contributed by atoms with Gasteiger partial charge in [0.2, 0.25) is 5.91 Å². The van der Waals surface area contributed by atoms with E-state index in [1.54, 1.807) is 0 Å². The Morgan fingerprint density at radius 1 is 1.50 bits per heavy atom. The van der Waals surface area contributed by atoms with Crippen LogP contribution in [0.15, 0.2) is 0 Å². The lowest BCUT2D eigenvalue weighted by molar-refractivity contribution is -0.120. The Labute approximate surface area is 109 Å². The number of primary amides is 1. The highest BCUT2D eigenvalue weighted by atomic mass is 16.5. The van der Waals surface area contributed by atoms with Crippen molar-refractivity contribution >= 4 is 5.91 Å². The van der Waals surface area contributed by atoms with Gasteiger partial charge >= 0.3 is 0 Å². The fourth-order valence-corrected chi connectivity index (χ4v) is 2.06. The summed E-state index contributed by atoms with van der Waals surface area (Å²) in [7, 11) is 0. The van der Waals surface area contributed by atoms with Crippen molar-refractivity contribution in [3.05, 3.63) is 0 Å². The van der Waals surface area contributed by atoms with Gasteiger partial charge in [0.25, 0.3) is 0 Å². The topological polar surface area (TPSA) is 73.6 Å². The third kappa shape index (κ3) is 6.33. The first kappa shape index (κ1) is 15.4. The molecule has 0 aromatic rings. The maximum atomic E-state index is 11.2. The molecule has 0 aromatic heterocycles. The van der Waals surface area contributed by atoms with E-state index < -0.39 is 0 Å². The lowest BCUT2D eigenvalue weighted by Crippen LogP contribution is -2.45. The summed E-state index contributed by atoms with van der Waals surface area (Å²) in [5.41, 5.74) is 5.33. The molecule has 0 spiro atoms. The number of carbonyl (C=O) groups excluding carboxylic acids is 1. The Kier molecular flexibility index (Phi) is 7.23.